The van der Waals surface area contributed by atoms with Crippen molar-refractivity contribution in [2.24, 2.45) is 7.05 Å². The Balaban J connectivity index is 2.26. The summed E-state index contributed by atoms with van der Waals surface area (Å²) in [6, 6.07) is 0. The van der Waals surface area contributed by atoms with Crippen LogP contribution in [0.25, 0.3) is 0 Å². The molecule has 1 amide bonds. The summed E-state index contributed by atoms with van der Waals surface area (Å²) in [7, 11) is 1.83. The Bertz CT molecular complexity index is 396. The lowest BCUT2D eigenvalue weighted by Crippen LogP contribution is -2.35. The van der Waals surface area contributed by atoms with Crippen molar-refractivity contribution in [3.63, 3.8) is 0 Å². The topological polar surface area (TPSA) is 64.2 Å². The van der Waals surface area contributed by atoms with E-state index in [0.29, 0.717) is 18.8 Å². The van der Waals surface area contributed by atoms with E-state index in [-0.39, 0.29) is 5.91 Å². The number of carbonyl (C=O) groups excluding carboxylic acids is 1. The van der Waals surface area contributed by atoms with Gasteiger partial charge in [-0.3, -0.25) is 9.48 Å². The molecule has 1 aliphatic heterocycles. The number of anilines is 1. The number of amides is 1. The molecule has 0 atom stereocenters. The molecule has 0 spiro atoms. The first-order valence-corrected chi connectivity index (χ1v) is 5.21. The normalized spacial score (nSPS) is 15.2. The van der Waals surface area contributed by atoms with Crippen LogP contribution in [0.2, 0.25) is 0 Å². The lowest BCUT2D eigenvalue weighted by atomic mass is 10.1. The fourth-order valence-electron chi connectivity index (χ4n) is 1.96. The van der Waals surface area contributed by atoms with Crippen LogP contribution in [0, 0.1) is 0 Å². The predicted molar refractivity (Wildman–Crippen MR) is 57.0 cm³/mol. The largest absolute Gasteiger partial charge is 0.384 e. The number of hydrogen-bond donors (Lipinski definition) is 1. The van der Waals surface area contributed by atoms with Crippen molar-refractivity contribution < 1.29 is 4.79 Å². The summed E-state index contributed by atoms with van der Waals surface area (Å²) in [5.41, 5.74) is 7.95. The molecule has 0 saturated heterocycles. The van der Waals surface area contributed by atoms with E-state index < -0.39 is 0 Å². The Kier molecular flexibility index (Phi) is 2.38. The zero-order valence-electron chi connectivity index (χ0n) is 9.16. The third kappa shape index (κ3) is 1.58. The van der Waals surface area contributed by atoms with E-state index in [1.54, 1.807) is 4.68 Å². The Hall–Kier alpha value is -1.52. The molecule has 82 valence electrons. The number of nitrogen functional groups attached to an aromatic ring is 1. The highest BCUT2D eigenvalue weighted by molar-refractivity contribution is 5.76. The summed E-state index contributed by atoms with van der Waals surface area (Å²) in [6.45, 7) is 3.25. The first kappa shape index (κ1) is 10.0. The summed E-state index contributed by atoms with van der Waals surface area (Å²) in [5, 5.41) is 4.32. The lowest BCUT2D eigenvalue weighted by Gasteiger charge is -2.26. The molecule has 0 aromatic carbocycles. The van der Waals surface area contributed by atoms with Gasteiger partial charge < -0.3 is 10.6 Å². The van der Waals surface area contributed by atoms with E-state index in [9.17, 15) is 4.79 Å². The van der Waals surface area contributed by atoms with Gasteiger partial charge in [0.25, 0.3) is 0 Å². The fraction of sp³-hybridized carbons (Fsp3) is 0.600. The first-order chi connectivity index (χ1) is 7.13. The standard InChI is InChI=1S/C10H16N4O/c1-3-9(15)14-5-4-8-7(6-14)10(11)13(2)12-8/h3-6,11H2,1-2H3. The van der Waals surface area contributed by atoms with Crippen molar-refractivity contribution in [2.45, 2.75) is 26.3 Å². The van der Waals surface area contributed by atoms with E-state index in [1.165, 1.54) is 0 Å². The van der Waals surface area contributed by atoms with Crippen LogP contribution in [0.1, 0.15) is 24.6 Å². The SMILES string of the molecule is CCC(=O)N1CCc2nn(C)c(N)c2C1. The number of carbonyl (C=O) groups is 1. The smallest absolute Gasteiger partial charge is 0.222 e. The third-order valence-electron chi connectivity index (χ3n) is 2.90. The van der Waals surface area contributed by atoms with Gasteiger partial charge in [-0.2, -0.15) is 5.10 Å². The van der Waals surface area contributed by atoms with E-state index in [2.05, 4.69) is 5.10 Å². The summed E-state index contributed by atoms with van der Waals surface area (Å²) in [5.74, 6) is 0.863. The minimum atomic E-state index is 0.184. The highest BCUT2D eigenvalue weighted by atomic mass is 16.2. The Labute approximate surface area is 88.8 Å². The molecule has 0 unspecified atom stereocenters. The quantitative estimate of drug-likeness (QED) is 0.721. The highest BCUT2D eigenvalue weighted by Gasteiger charge is 2.24. The fourth-order valence-corrected chi connectivity index (χ4v) is 1.96. The molecule has 2 N–H and O–H groups in total. The van der Waals surface area contributed by atoms with Gasteiger partial charge in [-0.05, 0) is 0 Å². The van der Waals surface area contributed by atoms with Gasteiger partial charge in [0, 0.05) is 32.0 Å². The molecule has 0 bridgehead atoms. The molecule has 0 radical (unpaired) electrons. The molecule has 1 aromatic heterocycles. The molecular weight excluding hydrogens is 192 g/mol. The second-order valence-electron chi connectivity index (χ2n) is 3.85. The van der Waals surface area contributed by atoms with Crippen LogP contribution < -0.4 is 5.73 Å². The molecule has 15 heavy (non-hydrogen) atoms. The molecule has 0 fully saturated rings. The second kappa shape index (κ2) is 3.56. The van der Waals surface area contributed by atoms with Gasteiger partial charge >= 0.3 is 0 Å². The van der Waals surface area contributed by atoms with Gasteiger partial charge in [-0.25, -0.2) is 0 Å². The number of aromatic nitrogens is 2. The van der Waals surface area contributed by atoms with Crippen molar-refractivity contribution in [3.05, 3.63) is 11.3 Å². The minimum absolute atomic E-state index is 0.184. The van der Waals surface area contributed by atoms with Crippen LogP contribution in [0.4, 0.5) is 5.82 Å². The number of nitrogens with zero attached hydrogens (tertiary/aromatic N) is 3. The monoisotopic (exact) mass is 208 g/mol. The second-order valence-corrected chi connectivity index (χ2v) is 3.85. The van der Waals surface area contributed by atoms with Crippen molar-refractivity contribution >= 4 is 11.7 Å². The van der Waals surface area contributed by atoms with E-state index in [1.807, 2.05) is 18.9 Å². The van der Waals surface area contributed by atoms with Crippen LogP contribution >= 0.6 is 0 Å². The molecular formula is C10H16N4O. The van der Waals surface area contributed by atoms with Gasteiger partial charge in [-0.15, -0.1) is 0 Å². The number of nitrogens with two attached hydrogens (primary N) is 1. The molecule has 2 heterocycles. The van der Waals surface area contributed by atoms with Gasteiger partial charge in [0.1, 0.15) is 5.82 Å². The zero-order valence-corrected chi connectivity index (χ0v) is 9.16. The Morgan fingerprint density at radius 1 is 1.60 bits per heavy atom. The van der Waals surface area contributed by atoms with Crippen LogP contribution in [0.5, 0.6) is 0 Å². The zero-order chi connectivity index (χ0) is 11.0. The van der Waals surface area contributed by atoms with Crippen molar-refractivity contribution in [1.29, 1.82) is 0 Å². The maximum Gasteiger partial charge on any atom is 0.222 e. The van der Waals surface area contributed by atoms with Crippen LogP contribution in [-0.2, 0) is 24.8 Å². The Morgan fingerprint density at radius 3 is 3.00 bits per heavy atom. The summed E-state index contributed by atoms with van der Waals surface area (Å²) in [4.78, 5) is 13.4. The number of hydrogen-bond acceptors (Lipinski definition) is 3. The molecule has 2 rings (SSSR count). The van der Waals surface area contributed by atoms with Crippen LogP contribution in [0.3, 0.4) is 0 Å². The number of aryl methyl sites for hydroxylation is 1. The van der Waals surface area contributed by atoms with Crippen molar-refractivity contribution in [2.75, 3.05) is 12.3 Å². The van der Waals surface area contributed by atoms with Crippen molar-refractivity contribution in [3.8, 4) is 0 Å². The molecule has 1 aromatic rings. The van der Waals surface area contributed by atoms with E-state index >= 15 is 0 Å². The molecule has 0 saturated carbocycles. The predicted octanol–water partition coefficient (Wildman–Crippen LogP) is 0.297. The van der Waals surface area contributed by atoms with Crippen molar-refractivity contribution in [1.82, 2.24) is 14.7 Å². The summed E-state index contributed by atoms with van der Waals surface area (Å²) < 4.78 is 1.69. The lowest BCUT2D eigenvalue weighted by molar-refractivity contribution is -0.131. The maximum absolute atomic E-state index is 11.6. The molecule has 5 heteroatoms. The average molecular weight is 208 g/mol. The van der Waals surface area contributed by atoms with Crippen LogP contribution in [-0.4, -0.2) is 27.1 Å². The summed E-state index contributed by atoms with van der Waals surface area (Å²) in [6.07, 6.45) is 1.36. The minimum Gasteiger partial charge on any atom is -0.384 e. The van der Waals surface area contributed by atoms with Crippen LogP contribution in [0.15, 0.2) is 0 Å². The summed E-state index contributed by atoms with van der Waals surface area (Å²) >= 11 is 0. The van der Waals surface area contributed by atoms with E-state index in [4.69, 9.17) is 5.73 Å². The van der Waals surface area contributed by atoms with Gasteiger partial charge in [0.15, 0.2) is 0 Å². The Morgan fingerprint density at radius 2 is 2.33 bits per heavy atom. The number of rotatable bonds is 1. The number of fused-ring (bicyclic) bond motifs is 1. The average Bonchev–Trinajstić information content (AvgIpc) is 2.54. The van der Waals surface area contributed by atoms with Gasteiger partial charge in [-0.1, -0.05) is 6.92 Å². The molecule has 1 aliphatic rings. The highest BCUT2D eigenvalue weighted by Crippen LogP contribution is 2.23. The van der Waals surface area contributed by atoms with Gasteiger partial charge in [0.2, 0.25) is 5.91 Å². The molecule has 0 aliphatic carbocycles. The first-order valence-electron chi connectivity index (χ1n) is 5.21. The maximum atomic E-state index is 11.6. The molecule has 5 nitrogen and oxygen atoms in total. The third-order valence-corrected chi connectivity index (χ3v) is 2.90. The van der Waals surface area contributed by atoms with E-state index in [0.717, 1.165) is 24.2 Å². The van der Waals surface area contributed by atoms with Gasteiger partial charge in [0.05, 0.1) is 12.2 Å².